The summed E-state index contributed by atoms with van der Waals surface area (Å²) in [4.78, 5) is 25.2. The van der Waals surface area contributed by atoms with E-state index in [1.54, 1.807) is 24.7 Å². The van der Waals surface area contributed by atoms with Crippen LogP contribution in [0.2, 0.25) is 0 Å². The number of hydrogen-bond donors (Lipinski definition) is 2. The van der Waals surface area contributed by atoms with Crippen molar-refractivity contribution in [2.45, 2.75) is 13.0 Å². The first-order valence-corrected chi connectivity index (χ1v) is 8.28. The van der Waals surface area contributed by atoms with Gasteiger partial charge in [-0.15, -0.1) is 11.3 Å². The zero-order valence-electron chi connectivity index (χ0n) is 12.8. The second-order valence-corrected chi connectivity index (χ2v) is 6.11. The number of thiazole rings is 1. The van der Waals surface area contributed by atoms with Crippen molar-refractivity contribution in [1.29, 1.82) is 0 Å². The largest absolute Gasteiger partial charge is 0.392 e. The Balaban J connectivity index is 1.54. The molecule has 0 atom stereocenters. The average molecular weight is 340 g/mol. The lowest BCUT2D eigenvalue weighted by molar-refractivity contribution is 0.0958. The quantitative estimate of drug-likeness (QED) is 0.717. The lowest BCUT2D eigenvalue weighted by Gasteiger charge is -2.04. The van der Waals surface area contributed by atoms with E-state index in [-0.39, 0.29) is 12.5 Å². The van der Waals surface area contributed by atoms with Crippen molar-refractivity contribution in [2.24, 2.45) is 0 Å². The van der Waals surface area contributed by atoms with Crippen molar-refractivity contribution >= 4 is 17.2 Å². The third-order valence-electron chi connectivity index (χ3n) is 3.39. The molecule has 7 heteroatoms. The minimum atomic E-state index is -0.151. The number of nitrogens with one attached hydrogen (secondary N) is 1. The Morgan fingerprint density at radius 2 is 1.79 bits per heavy atom. The average Bonchev–Trinajstić information content (AvgIpc) is 3.13. The molecule has 2 aromatic heterocycles. The number of hydrogen-bond acceptors (Lipinski definition) is 6. The molecule has 0 saturated heterocycles. The summed E-state index contributed by atoms with van der Waals surface area (Å²) in [5, 5.41) is 12.5. The van der Waals surface area contributed by atoms with Crippen LogP contribution < -0.4 is 5.32 Å². The van der Waals surface area contributed by atoms with E-state index in [9.17, 15) is 4.79 Å². The maximum absolute atomic E-state index is 12.2. The summed E-state index contributed by atoms with van der Waals surface area (Å²) in [5.74, 6) is 0.368. The van der Waals surface area contributed by atoms with Crippen LogP contribution in [0.25, 0.3) is 10.8 Å². The van der Waals surface area contributed by atoms with Gasteiger partial charge in [0.25, 0.3) is 5.91 Å². The number of rotatable bonds is 6. The first-order chi connectivity index (χ1) is 11.8. The maximum Gasteiger partial charge on any atom is 0.263 e. The molecular formula is C17H16N4O2S. The van der Waals surface area contributed by atoms with Gasteiger partial charge in [-0.3, -0.25) is 4.79 Å². The Labute approximate surface area is 143 Å². The molecule has 2 heterocycles. The smallest absolute Gasteiger partial charge is 0.263 e. The number of benzene rings is 1. The molecule has 2 N–H and O–H groups in total. The predicted octanol–water partition coefficient (Wildman–Crippen LogP) is 2.06. The van der Waals surface area contributed by atoms with Gasteiger partial charge in [0.15, 0.2) is 10.8 Å². The molecule has 0 aliphatic carbocycles. The van der Waals surface area contributed by atoms with Gasteiger partial charge in [-0.05, 0) is 23.6 Å². The standard InChI is InChI=1S/C17H16N4O2S/c22-11-13-4-2-12(3-5-13)6-9-20-16(23)14-10-21-17(24-14)15-18-7-1-8-19-15/h1-5,7-8,10,22H,6,9,11H2,(H,20,23). The zero-order chi connectivity index (χ0) is 16.8. The third kappa shape index (κ3) is 4.01. The minimum absolute atomic E-state index is 0.0376. The van der Waals surface area contributed by atoms with Crippen LogP contribution in [0.1, 0.15) is 20.8 Å². The van der Waals surface area contributed by atoms with Gasteiger partial charge in [-0.25, -0.2) is 15.0 Å². The van der Waals surface area contributed by atoms with Crippen LogP contribution in [0.4, 0.5) is 0 Å². The van der Waals surface area contributed by atoms with Crippen molar-refractivity contribution in [1.82, 2.24) is 20.3 Å². The van der Waals surface area contributed by atoms with Crippen LogP contribution in [0.5, 0.6) is 0 Å². The number of aromatic nitrogens is 3. The van der Waals surface area contributed by atoms with Crippen LogP contribution >= 0.6 is 11.3 Å². The summed E-state index contributed by atoms with van der Waals surface area (Å²) in [6.45, 7) is 0.572. The van der Waals surface area contributed by atoms with Crippen molar-refractivity contribution in [3.8, 4) is 10.8 Å². The maximum atomic E-state index is 12.2. The summed E-state index contributed by atoms with van der Waals surface area (Å²) in [5.41, 5.74) is 1.98. The fourth-order valence-corrected chi connectivity index (χ4v) is 2.89. The second-order valence-electron chi connectivity index (χ2n) is 5.08. The van der Waals surface area contributed by atoms with Gasteiger partial charge in [0.05, 0.1) is 12.8 Å². The molecule has 0 unspecified atom stereocenters. The highest BCUT2D eigenvalue weighted by Gasteiger charge is 2.12. The SMILES string of the molecule is O=C(NCCc1ccc(CO)cc1)c1cnc(-c2ncccn2)s1. The van der Waals surface area contributed by atoms with Gasteiger partial charge in [-0.1, -0.05) is 24.3 Å². The predicted molar refractivity (Wildman–Crippen MR) is 91.5 cm³/mol. The van der Waals surface area contributed by atoms with E-state index in [4.69, 9.17) is 5.11 Å². The van der Waals surface area contributed by atoms with Gasteiger partial charge < -0.3 is 10.4 Å². The van der Waals surface area contributed by atoms with Gasteiger partial charge in [0.1, 0.15) is 4.88 Å². The molecule has 1 aromatic carbocycles. The summed E-state index contributed by atoms with van der Waals surface area (Å²) in [6, 6.07) is 9.40. The number of aliphatic hydroxyl groups excluding tert-OH is 1. The van der Waals surface area contributed by atoms with Crippen molar-refractivity contribution in [2.75, 3.05) is 6.54 Å². The summed E-state index contributed by atoms with van der Waals surface area (Å²) >= 11 is 1.27. The van der Waals surface area contributed by atoms with Crippen LogP contribution in [-0.4, -0.2) is 32.5 Å². The normalized spacial score (nSPS) is 10.5. The molecule has 24 heavy (non-hydrogen) atoms. The number of aliphatic hydroxyl groups is 1. The van der Waals surface area contributed by atoms with Crippen LogP contribution in [-0.2, 0) is 13.0 Å². The lowest BCUT2D eigenvalue weighted by atomic mass is 10.1. The van der Waals surface area contributed by atoms with Gasteiger partial charge in [-0.2, -0.15) is 0 Å². The molecule has 0 aliphatic rings. The Hall–Kier alpha value is -2.64. The van der Waals surface area contributed by atoms with Crippen molar-refractivity contribution in [3.63, 3.8) is 0 Å². The first kappa shape index (κ1) is 16.2. The molecule has 0 aliphatic heterocycles. The fourth-order valence-electron chi connectivity index (χ4n) is 2.11. The Kier molecular flexibility index (Phi) is 5.25. The van der Waals surface area contributed by atoms with E-state index in [1.807, 2.05) is 24.3 Å². The van der Waals surface area contributed by atoms with Crippen molar-refractivity contribution < 1.29 is 9.90 Å². The molecule has 0 bridgehead atoms. The topological polar surface area (TPSA) is 88.0 Å². The molecular weight excluding hydrogens is 324 g/mol. The van der Waals surface area contributed by atoms with Crippen molar-refractivity contribution in [3.05, 3.63) is 64.9 Å². The molecule has 122 valence electrons. The highest BCUT2D eigenvalue weighted by Crippen LogP contribution is 2.21. The van der Waals surface area contributed by atoms with Gasteiger partial charge in [0.2, 0.25) is 0 Å². The van der Waals surface area contributed by atoms with Crippen LogP contribution in [0.15, 0.2) is 48.9 Å². The number of amides is 1. The Morgan fingerprint density at radius 1 is 1.08 bits per heavy atom. The highest BCUT2D eigenvalue weighted by molar-refractivity contribution is 7.16. The van der Waals surface area contributed by atoms with E-state index in [0.29, 0.717) is 22.3 Å². The van der Waals surface area contributed by atoms with E-state index in [2.05, 4.69) is 20.3 Å². The molecule has 3 aromatic rings. The first-order valence-electron chi connectivity index (χ1n) is 7.46. The number of nitrogens with zero attached hydrogens (tertiary/aromatic N) is 3. The highest BCUT2D eigenvalue weighted by atomic mass is 32.1. The zero-order valence-corrected chi connectivity index (χ0v) is 13.7. The van der Waals surface area contributed by atoms with Gasteiger partial charge in [0, 0.05) is 18.9 Å². The summed E-state index contributed by atoms with van der Waals surface area (Å²) in [6.07, 6.45) is 5.56. The molecule has 3 rings (SSSR count). The molecule has 0 fully saturated rings. The molecule has 6 nitrogen and oxygen atoms in total. The van der Waals surface area contributed by atoms with Crippen LogP contribution in [0, 0.1) is 0 Å². The van der Waals surface area contributed by atoms with Gasteiger partial charge >= 0.3 is 0 Å². The number of carbonyl (C=O) groups excluding carboxylic acids is 1. The Morgan fingerprint density at radius 3 is 2.50 bits per heavy atom. The molecule has 1 amide bonds. The minimum Gasteiger partial charge on any atom is -0.392 e. The number of carbonyl (C=O) groups is 1. The molecule has 0 radical (unpaired) electrons. The third-order valence-corrected chi connectivity index (χ3v) is 4.38. The monoisotopic (exact) mass is 340 g/mol. The van der Waals surface area contributed by atoms with E-state index >= 15 is 0 Å². The Bertz CT molecular complexity index is 803. The summed E-state index contributed by atoms with van der Waals surface area (Å²) < 4.78 is 0. The molecule has 0 spiro atoms. The lowest BCUT2D eigenvalue weighted by Crippen LogP contribution is -2.24. The van der Waals surface area contributed by atoms with Crippen LogP contribution in [0.3, 0.4) is 0 Å². The molecule has 0 saturated carbocycles. The second kappa shape index (κ2) is 7.76. The summed E-state index contributed by atoms with van der Waals surface area (Å²) in [7, 11) is 0. The fraction of sp³-hybridized carbons (Fsp3) is 0.176. The van der Waals surface area contributed by atoms with E-state index in [1.165, 1.54) is 11.3 Å². The van der Waals surface area contributed by atoms with E-state index < -0.39 is 0 Å². The van der Waals surface area contributed by atoms with E-state index in [0.717, 1.165) is 17.5 Å².